The van der Waals surface area contributed by atoms with E-state index in [9.17, 15) is 0 Å². The van der Waals surface area contributed by atoms with Crippen molar-refractivity contribution in [3.8, 4) is 0 Å². The molecule has 1 aliphatic rings. The fourth-order valence-corrected chi connectivity index (χ4v) is 3.66. The summed E-state index contributed by atoms with van der Waals surface area (Å²) in [6, 6.07) is 8.36. The molecule has 128 valence electrons. The lowest BCUT2D eigenvalue weighted by atomic mass is 9.90. The summed E-state index contributed by atoms with van der Waals surface area (Å²) in [5.41, 5.74) is 5.26. The summed E-state index contributed by atoms with van der Waals surface area (Å²) in [5, 5.41) is 7.59. The number of rotatable bonds is 5. The first-order chi connectivity index (χ1) is 12.4. The standard InChI is InChI=1S/C20H23N5/c1-7-21-8-2-16(1)13-19-14-23-24-20(19)18-5-11-25(12-6-18)15-17-3-9-22-10-4-17/h1-4,7-10,14,18H,5-6,11-13,15H2,(H,23,24). The van der Waals surface area contributed by atoms with Crippen molar-refractivity contribution >= 4 is 0 Å². The van der Waals surface area contributed by atoms with Gasteiger partial charge >= 0.3 is 0 Å². The second-order valence-corrected chi connectivity index (χ2v) is 6.75. The van der Waals surface area contributed by atoms with Crippen LogP contribution in [-0.4, -0.2) is 38.2 Å². The molecular weight excluding hydrogens is 310 g/mol. The molecule has 5 nitrogen and oxygen atoms in total. The average Bonchev–Trinajstić information content (AvgIpc) is 3.12. The van der Waals surface area contributed by atoms with Gasteiger partial charge in [-0.05, 0) is 66.9 Å². The summed E-state index contributed by atoms with van der Waals surface area (Å²) in [6.45, 7) is 3.27. The second kappa shape index (κ2) is 7.57. The van der Waals surface area contributed by atoms with E-state index in [1.54, 1.807) is 0 Å². The van der Waals surface area contributed by atoms with E-state index in [1.807, 2.05) is 31.0 Å². The van der Waals surface area contributed by atoms with E-state index in [2.05, 4.69) is 49.3 Å². The smallest absolute Gasteiger partial charge is 0.0525 e. The van der Waals surface area contributed by atoms with Crippen molar-refractivity contribution in [2.45, 2.75) is 31.7 Å². The number of piperidine rings is 1. The zero-order valence-corrected chi connectivity index (χ0v) is 14.3. The molecule has 0 saturated carbocycles. The highest BCUT2D eigenvalue weighted by molar-refractivity contribution is 5.28. The summed E-state index contributed by atoms with van der Waals surface area (Å²) in [7, 11) is 0. The Balaban J connectivity index is 1.37. The zero-order chi connectivity index (χ0) is 16.9. The zero-order valence-electron chi connectivity index (χ0n) is 14.3. The number of pyridine rings is 2. The van der Waals surface area contributed by atoms with Crippen molar-refractivity contribution < 1.29 is 0 Å². The Morgan fingerprint density at radius 2 is 1.56 bits per heavy atom. The lowest BCUT2D eigenvalue weighted by Crippen LogP contribution is -2.32. The van der Waals surface area contributed by atoms with E-state index in [0.29, 0.717) is 5.92 Å². The summed E-state index contributed by atoms with van der Waals surface area (Å²) >= 11 is 0. The molecule has 1 fully saturated rings. The molecule has 0 unspecified atom stereocenters. The molecule has 0 amide bonds. The van der Waals surface area contributed by atoms with Gasteiger partial charge < -0.3 is 0 Å². The molecule has 1 N–H and O–H groups in total. The van der Waals surface area contributed by atoms with Crippen LogP contribution in [0.4, 0.5) is 0 Å². The molecule has 0 atom stereocenters. The Hall–Kier alpha value is -2.53. The minimum Gasteiger partial charge on any atom is -0.299 e. The van der Waals surface area contributed by atoms with Crippen LogP contribution in [0.1, 0.15) is 41.1 Å². The van der Waals surface area contributed by atoms with Crippen LogP contribution in [0.2, 0.25) is 0 Å². The molecule has 0 aromatic carbocycles. The van der Waals surface area contributed by atoms with Crippen LogP contribution in [0.5, 0.6) is 0 Å². The van der Waals surface area contributed by atoms with Crippen LogP contribution >= 0.6 is 0 Å². The molecule has 1 aliphatic heterocycles. The molecule has 4 rings (SSSR count). The van der Waals surface area contributed by atoms with Gasteiger partial charge in [-0.3, -0.25) is 20.0 Å². The second-order valence-electron chi connectivity index (χ2n) is 6.75. The predicted octanol–water partition coefficient (Wildman–Crippen LogP) is 3.17. The van der Waals surface area contributed by atoms with Crippen molar-refractivity contribution in [3.05, 3.63) is 77.6 Å². The monoisotopic (exact) mass is 333 g/mol. The minimum absolute atomic E-state index is 0.577. The van der Waals surface area contributed by atoms with Crippen LogP contribution in [0.25, 0.3) is 0 Å². The number of nitrogens with zero attached hydrogens (tertiary/aromatic N) is 4. The van der Waals surface area contributed by atoms with Crippen molar-refractivity contribution in [2.75, 3.05) is 13.1 Å². The van der Waals surface area contributed by atoms with E-state index < -0.39 is 0 Å². The first kappa shape index (κ1) is 16.0. The van der Waals surface area contributed by atoms with Gasteiger partial charge in [0.2, 0.25) is 0 Å². The van der Waals surface area contributed by atoms with Crippen molar-refractivity contribution in [1.82, 2.24) is 25.1 Å². The van der Waals surface area contributed by atoms with Crippen molar-refractivity contribution in [1.29, 1.82) is 0 Å². The summed E-state index contributed by atoms with van der Waals surface area (Å²) in [5.74, 6) is 0.577. The molecule has 1 saturated heterocycles. The highest BCUT2D eigenvalue weighted by Gasteiger charge is 2.24. The number of likely N-dealkylation sites (tertiary alicyclic amines) is 1. The Morgan fingerprint density at radius 3 is 2.24 bits per heavy atom. The van der Waals surface area contributed by atoms with Gasteiger partial charge in [-0.15, -0.1) is 0 Å². The summed E-state index contributed by atoms with van der Waals surface area (Å²) < 4.78 is 0. The van der Waals surface area contributed by atoms with Gasteiger partial charge in [-0.2, -0.15) is 5.10 Å². The van der Waals surface area contributed by atoms with Crippen LogP contribution in [0.3, 0.4) is 0 Å². The number of hydrogen-bond acceptors (Lipinski definition) is 4. The third kappa shape index (κ3) is 3.94. The Bertz CT molecular complexity index is 776. The van der Waals surface area contributed by atoms with E-state index in [1.165, 1.54) is 35.2 Å². The normalized spacial score (nSPS) is 16.2. The Kier molecular flexibility index (Phi) is 4.84. The van der Waals surface area contributed by atoms with E-state index >= 15 is 0 Å². The maximum absolute atomic E-state index is 4.32. The number of hydrogen-bond donors (Lipinski definition) is 1. The molecule has 4 heterocycles. The fourth-order valence-electron chi connectivity index (χ4n) is 3.66. The van der Waals surface area contributed by atoms with E-state index in [-0.39, 0.29) is 0 Å². The van der Waals surface area contributed by atoms with Gasteiger partial charge in [0.25, 0.3) is 0 Å². The van der Waals surface area contributed by atoms with Gasteiger partial charge in [0.1, 0.15) is 0 Å². The van der Waals surface area contributed by atoms with Gasteiger partial charge in [0.15, 0.2) is 0 Å². The average molecular weight is 333 g/mol. The van der Waals surface area contributed by atoms with Crippen molar-refractivity contribution in [3.63, 3.8) is 0 Å². The van der Waals surface area contributed by atoms with E-state index in [0.717, 1.165) is 26.1 Å². The number of nitrogens with one attached hydrogen (secondary N) is 1. The SMILES string of the molecule is c1cc(Cc2cn[nH]c2C2CCN(Cc3ccncc3)CC2)ccn1. The molecule has 3 aromatic heterocycles. The van der Waals surface area contributed by atoms with E-state index in [4.69, 9.17) is 0 Å². The molecule has 0 aliphatic carbocycles. The molecule has 0 bridgehead atoms. The first-order valence-corrected chi connectivity index (χ1v) is 8.91. The Morgan fingerprint density at radius 1 is 0.920 bits per heavy atom. The maximum Gasteiger partial charge on any atom is 0.0525 e. The topological polar surface area (TPSA) is 57.7 Å². The van der Waals surface area contributed by atoms with Crippen LogP contribution in [-0.2, 0) is 13.0 Å². The van der Waals surface area contributed by atoms with Crippen LogP contribution in [0.15, 0.2) is 55.2 Å². The third-order valence-corrected chi connectivity index (χ3v) is 5.05. The third-order valence-electron chi connectivity index (χ3n) is 5.05. The van der Waals surface area contributed by atoms with Gasteiger partial charge in [-0.1, -0.05) is 0 Å². The molecule has 0 radical (unpaired) electrons. The largest absolute Gasteiger partial charge is 0.299 e. The highest BCUT2D eigenvalue weighted by atomic mass is 15.1. The lowest BCUT2D eigenvalue weighted by molar-refractivity contribution is 0.203. The minimum atomic E-state index is 0.577. The van der Waals surface area contributed by atoms with Crippen LogP contribution in [0, 0.1) is 0 Å². The summed E-state index contributed by atoms with van der Waals surface area (Å²) in [4.78, 5) is 10.7. The highest BCUT2D eigenvalue weighted by Crippen LogP contribution is 2.30. The maximum atomic E-state index is 4.32. The molecule has 3 aromatic rings. The van der Waals surface area contributed by atoms with Gasteiger partial charge in [0, 0.05) is 49.4 Å². The van der Waals surface area contributed by atoms with Gasteiger partial charge in [0.05, 0.1) is 6.20 Å². The van der Waals surface area contributed by atoms with Crippen LogP contribution < -0.4 is 0 Å². The molecule has 0 spiro atoms. The Labute approximate surface area is 148 Å². The van der Waals surface area contributed by atoms with Crippen molar-refractivity contribution in [2.24, 2.45) is 0 Å². The first-order valence-electron chi connectivity index (χ1n) is 8.91. The molecule has 25 heavy (non-hydrogen) atoms. The quantitative estimate of drug-likeness (QED) is 0.779. The number of aromatic amines is 1. The molecule has 5 heteroatoms. The number of H-pyrrole nitrogens is 1. The lowest BCUT2D eigenvalue weighted by Gasteiger charge is -2.32. The predicted molar refractivity (Wildman–Crippen MR) is 97.1 cm³/mol. The summed E-state index contributed by atoms with van der Waals surface area (Å²) in [6.07, 6.45) is 12.7. The molecular formula is C20H23N5. The number of aromatic nitrogens is 4. The van der Waals surface area contributed by atoms with Gasteiger partial charge in [-0.25, -0.2) is 0 Å². The fraction of sp³-hybridized carbons (Fsp3) is 0.350.